The van der Waals surface area contributed by atoms with Gasteiger partial charge in [0.1, 0.15) is 35.4 Å². The van der Waals surface area contributed by atoms with Crippen molar-refractivity contribution in [3.63, 3.8) is 0 Å². The van der Waals surface area contributed by atoms with E-state index in [-0.39, 0.29) is 39.8 Å². The van der Waals surface area contributed by atoms with Crippen molar-refractivity contribution in [2.45, 2.75) is 106 Å². The molecule has 0 radical (unpaired) electrons. The molecule has 1 saturated carbocycles. The minimum absolute atomic E-state index is 0.0328. The van der Waals surface area contributed by atoms with Crippen LogP contribution in [0.1, 0.15) is 78.0 Å². The van der Waals surface area contributed by atoms with Gasteiger partial charge in [-0.3, -0.25) is 14.4 Å². The third kappa shape index (κ3) is 2.53. The van der Waals surface area contributed by atoms with Crippen LogP contribution < -0.4 is 0 Å². The second-order valence-electron chi connectivity index (χ2n) is 11.9. The van der Waals surface area contributed by atoms with E-state index in [2.05, 4.69) is 0 Å². The Morgan fingerprint density at radius 1 is 0.925 bits per heavy atom. The summed E-state index contributed by atoms with van der Waals surface area (Å²) in [6.45, 7) is 4.95. The molecule has 7 aliphatic rings. The first kappa shape index (κ1) is 24.9. The summed E-state index contributed by atoms with van der Waals surface area (Å²) in [6, 6.07) is 0. The topological polar surface area (TPSA) is 178 Å². The molecule has 1 aromatic rings. The van der Waals surface area contributed by atoms with Crippen LogP contribution in [0.2, 0.25) is 0 Å². The Kier molecular flexibility index (Phi) is 4.66. The van der Waals surface area contributed by atoms with Crippen LogP contribution in [0.5, 0.6) is 11.5 Å². The Balaban J connectivity index is 1.24. The molecule has 0 bridgehead atoms. The number of Topliss-reactive ketones (excluding diaryl/α,β-unsaturated/α-hetero) is 2. The second kappa shape index (κ2) is 7.50. The first-order chi connectivity index (χ1) is 18.9. The highest BCUT2D eigenvalue weighted by atomic mass is 16.7. The largest absolute Gasteiger partial charge is 0.507 e. The second-order valence-corrected chi connectivity index (χ2v) is 11.9. The van der Waals surface area contributed by atoms with E-state index < -0.39 is 95.2 Å². The molecule has 212 valence electrons. The van der Waals surface area contributed by atoms with Crippen molar-refractivity contribution in [1.82, 2.24) is 0 Å². The summed E-state index contributed by atoms with van der Waals surface area (Å²) in [4.78, 5) is 39.8. The molecule has 0 aromatic heterocycles. The molecule has 4 N–H and O–H groups in total. The average Bonchev–Trinajstić information content (AvgIpc) is 3.14. The molecule has 0 amide bonds. The van der Waals surface area contributed by atoms with Gasteiger partial charge in [0.15, 0.2) is 24.0 Å². The fraction of sp³-hybridized carbons (Fsp3) is 0.607. The average molecular weight is 557 g/mol. The number of fused-ring (bicyclic) bond motifs is 5. The highest BCUT2D eigenvalue weighted by Crippen LogP contribution is 2.82. The van der Waals surface area contributed by atoms with Crippen LogP contribution in [0.3, 0.4) is 0 Å². The van der Waals surface area contributed by atoms with Gasteiger partial charge in [-0.1, -0.05) is 0 Å². The van der Waals surface area contributed by atoms with E-state index >= 15 is 0 Å². The number of aliphatic hydroxyl groups excluding tert-OH is 1. The van der Waals surface area contributed by atoms with Gasteiger partial charge >= 0.3 is 5.97 Å². The number of carbonyl (C=O) groups excluding carboxylic acids is 3. The lowest BCUT2D eigenvalue weighted by Gasteiger charge is -2.42. The maximum Gasteiger partial charge on any atom is 0.309 e. The molecule has 12 heteroatoms. The summed E-state index contributed by atoms with van der Waals surface area (Å²) in [5.41, 5.74) is -3.51. The van der Waals surface area contributed by atoms with E-state index in [1.807, 2.05) is 0 Å². The normalized spacial score (nSPS) is 46.0. The summed E-state index contributed by atoms with van der Waals surface area (Å²) >= 11 is 0. The summed E-state index contributed by atoms with van der Waals surface area (Å²) in [5.74, 6) is -3.06. The van der Waals surface area contributed by atoms with Gasteiger partial charge in [-0.05, 0) is 27.2 Å². The number of aliphatic hydroxyl groups is 2. The lowest BCUT2D eigenvalue weighted by atomic mass is 9.65. The highest BCUT2D eigenvalue weighted by molar-refractivity contribution is 6.30. The third-order valence-corrected chi connectivity index (χ3v) is 10.1. The molecule has 11 atom stereocenters. The quantitative estimate of drug-likeness (QED) is 0.295. The number of hydrogen-bond acceptors (Lipinski definition) is 12. The maximum absolute atomic E-state index is 13.9. The van der Waals surface area contributed by atoms with Crippen LogP contribution in [-0.4, -0.2) is 92.6 Å². The maximum atomic E-state index is 13.9. The number of rotatable bonds is 2. The summed E-state index contributed by atoms with van der Waals surface area (Å²) in [6.07, 6.45) is -6.35. The predicted octanol–water partition coefficient (Wildman–Crippen LogP) is 0.603. The van der Waals surface area contributed by atoms with Crippen LogP contribution in [0, 0.1) is 0 Å². The van der Waals surface area contributed by atoms with Gasteiger partial charge in [0, 0.05) is 23.1 Å². The lowest BCUT2D eigenvalue weighted by Crippen LogP contribution is -2.45. The fourth-order valence-electron chi connectivity index (χ4n) is 8.15. The van der Waals surface area contributed by atoms with E-state index in [9.17, 15) is 34.8 Å². The molecular weight excluding hydrogens is 528 g/mol. The van der Waals surface area contributed by atoms with E-state index in [1.54, 1.807) is 20.8 Å². The van der Waals surface area contributed by atoms with Crippen molar-refractivity contribution in [3.8, 4) is 11.5 Å². The molecule has 3 saturated heterocycles. The van der Waals surface area contributed by atoms with Gasteiger partial charge in [-0.25, -0.2) is 0 Å². The molecule has 3 aliphatic carbocycles. The monoisotopic (exact) mass is 556 g/mol. The Bertz CT molecular complexity index is 1480. The summed E-state index contributed by atoms with van der Waals surface area (Å²) < 4.78 is 29.2. The van der Waals surface area contributed by atoms with Crippen molar-refractivity contribution in [2.24, 2.45) is 0 Å². The molecule has 4 aliphatic heterocycles. The molecule has 4 heterocycles. The molecule has 1 aromatic carbocycles. The number of carbonyl (C=O) groups is 3. The van der Waals surface area contributed by atoms with Crippen molar-refractivity contribution in [3.05, 3.63) is 33.4 Å². The van der Waals surface area contributed by atoms with Gasteiger partial charge in [0.05, 0.1) is 53.0 Å². The zero-order valence-corrected chi connectivity index (χ0v) is 21.9. The smallest absolute Gasteiger partial charge is 0.309 e. The Hall–Kier alpha value is -2.87. The number of hydrogen-bond donors (Lipinski definition) is 4. The SMILES string of the molecule is CC1OC2c3c(O)c4c(c(O)c3C23C(O[C@H]2CC[C@H](O)[C@H](C)O2)C13O)C(=O)C1=C(C4=O)[C@@H]2OC(=O)C[C@@H]2O[C@H]1C. The minimum atomic E-state index is -1.59. The Morgan fingerprint density at radius 3 is 2.35 bits per heavy atom. The van der Waals surface area contributed by atoms with Gasteiger partial charge in [-0.2, -0.15) is 0 Å². The molecule has 40 heavy (non-hydrogen) atoms. The first-order valence-corrected chi connectivity index (χ1v) is 13.6. The van der Waals surface area contributed by atoms with Gasteiger partial charge in [0.2, 0.25) is 0 Å². The number of phenols is 2. The predicted molar refractivity (Wildman–Crippen MR) is 129 cm³/mol. The Morgan fingerprint density at radius 2 is 1.62 bits per heavy atom. The van der Waals surface area contributed by atoms with E-state index in [4.69, 9.17) is 23.7 Å². The number of ketones is 2. The molecule has 1 spiro atoms. The fourth-order valence-corrected chi connectivity index (χ4v) is 8.15. The number of ether oxygens (including phenoxy) is 5. The van der Waals surface area contributed by atoms with Crippen molar-refractivity contribution >= 4 is 17.5 Å². The lowest BCUT2D eigenvalue weighted by molar-refractivity contribution is -0.238. The number of esters is 1. The zero-order valence-electron chi connectivity index (χ0n) is 21.9. The molecule has 8 rings (SSSR count). The Labute approximate surface area is 227 Å². The molecule has 12 nitrogen and oxygen atoms in total. The van der Waals surface area contributed by atoms with E-state index in [0.29, 0.717) is 12.8 Å². The van der Waals surface area contributed by atoms with E-state index in [1.165, 1.54) is 0 Å². The number of aromatic hydroxyl groups is 2. The zero-order chi connectivity index (χ0) is 28.2. The summed E-state index contributed by atoms with van der Waals surface area (Å²) in [7, 11) is 0. The van der Waals surface area contributed by atoms with Crippen LogP contribution in [0.25, 0.3) is 0 Å². The number of benzene rings is 1. The van der Waals surface area contributed by atoms with Crippen LogP contribution in [-0.2, 0) is 33.9 Å². The third-order valence-electron chi connectivity index (χ3n) is 10.1. The highest BCUT2D eigenvalue weighted by Gasteiger charge is 2.93. The van der Waals surface area contributed by atoms with E-state index in [0.717, 1.165) is 0 Å². The number of phenolic OH excluding ortho intramolecular Hbond substituents is 2. The van der Waals surface area contributed by atoms with Crippen molar-refractivity contribution in [1.29, 1.82) is 0 Å². The van der Waals surface area contributed by atoms with Crippen LogP contribution in [0.15, 0.2) is 11.1 Å². The standard InChI is InChI=1S/C28H28O12/c1-7-10(29)4-5-13(37-7)40-26-27-19-18(25(27)38-9(3)28(26,27)35)22(33)15-16(23(19)34)20(31)14-8(2)36-11-6-12(30)39-24(11)17(14)21(15)32/h7-11,13,24-26,29,33-35H,4-6H2,1-3H3/t7-,8-,9?,10-,11-,13-,24+,25?,26?,27?,28?/m0/s1. The van der Waals surface area contributed by atoms with Gasteiger partial charge < -0.3 is 44.1 Å². The summed E-state index contributed by atoms with van der Waals surface area (Å²) in [5, 5.41) is 44.9. The molecular formula is C28H28O12. The van der Waals surface area contributed by atoms with Crippen LogP contribution in [0.4, 0.5) is 0 Å². The van der Waals surface area contributed by atoms with Crippen LogP contribution >= 0.6 is 0 Å². The van der Waals surface area contributed by atoms with Gasteiger partial charge in [0.25, 0.3) is 0 Å². The first-order valence-electron chi connectivity index (χ1n) is 13.6. The van der Waals surface area contributed by atoms with Crippen molar-refractivity contribution in [2.75, 3.05) is 0 Å². The van der Waals surface area contributed by atoms with Gasteiger partial charge in [-0.15, -0.1) is 0 Å². The van der Waals surface area contributed by atoms with Crippen molar-refractivity contribution < 1.29 is 58.5 Å². The molecule has 5 unspecified atom stereocenters. The molecule has 4 fully saturated rings. The minimum Gasteiger partial charge on any atom is -0.507 e.